The third-order valence-electron chi connectivity index (χ3n) is 2.94. The molecule has 5 nitrogen and oxygen atoms in total. The van der Waals surface area contributed by atoms with E-state index < -0.39 is 0 Å². The van der Waals surface area contributed by atoms with E-state index in [2.05, 4.69) is 32.4 Å². The van der Waals surface area contributed by atoms with Crippen LogP contribution in [0, 0.1) is 0 Å². The Kier molecular flexibility index (Phi) is 3.41. The number of nitrogens with one attached hydrogen (secondary N) is 1. The van der Waals surface area contributed by atoms with E-state index >= 15 is 0 Å². The maximum Gasteiger partial charge on any atom is 0.233 e. The van der Waals surface area contributed by atoms with Crippen LogP contribution in [0.25, 0.3) is 10.9 Å². The molecule has 0 aliphatic heterocycles. The Morgan fingerprint density at radius 2 is 2.05 bits per heavy atom. The van der Waals surface area contributed by atoms with Gasteiger partial charge in [0.25, 0.3) is 0 Å². The fourth-order valence-electron chi connectivity index (χ4n) is 1.94. The van der Waals surface area contributed by atoms with Crippen molar-refractivity contribution in [1.29, 1.82) is 0 Å². The van der Waals surface area contributed by atoms with Crippen molar-refractivity contribution in [3.05, 3.63) is 54.5 Å². The van der Waals surface area contributed by atoms with Crippen LogP contribution in [0.2, 0.25) is 0 Å². The molecule has 0 spiro atoms. The van der Waals surface area contributed by atoms with Gasteiger partial charge in [-0.2, -0.15) is 4.98 Å². The van der Waals surface area contributed by atoms with Gasteiger partial charge in [-0.05, 0) is 17.7 Å². The number of ether oxygens (including phenoxy) is 1. The van der Waals surface area contributed by atoms with Crippen LogP contribution in [0.1, 0.15) is 5.56 Å². The molecule has 1 N–H and O–H groups in total. The number of pyridine rings is 1. The highest BCUT2D eigenvalue weighted by Gasteiger charge is 2.00. The average molecular weight is 266 g/mol. The van der Waals surface area contributed by atoms with Crippen LogP contribution < -0.4 is 10.1 Å². The van der Waals surface area contributed by atoms with Gasteiger partial charge in [0.1, 0.15) is 5.82 Å². The van der Waals surface area contributed by atoms with Crippen LogP contribution in [0.4, 0.5) is 5.82 Å². The summed E-state index contributed by atoms with van der Waals surface area (Å²) < 4.78 is 5.04. The molecule has 2 heterocycles. The van der Waals surface area contributed by atoms with Gasteiger partial charge in [0.15, 0.2) is 0 Å². The van der Waals surface area contributed by atoms with Crippen molar-refractivity contribution in [3.63, 3.8) is 0 Å². The first-order chi connectivity index (χ1) is 9.85. The molecule has 1 aromatic carbocycles. The van der Waals surface area contributed by atoms with Crippen molar-refractivity contribution in [2.45, 2.75) is 6.54 Å². The predicted octanol–water partition coefficient (Wildman–Crippen LogP) is 2.65. The Labute approximate surface area is 116 Å². The van der Waals surface area contributed by atoms with Gasteiger partial charge in [0.2, 0.25) is 5.88 Å². The topological polar surface area (TPSA) is 59.9 Å². The maximum atomic E-state index is 5.04. The first-order valence-electron chi connectivity index (χ1n) is 6.29. The molecule has 0 saturated heterocycles. The molecule has 0 bridgehead atoms. The molecule has 0 saturated carbocycles. The van der Waals surface area contributed by atoms with E-state index in [1.54, 1.807) is 19.5 Å². The lowest BCUT2D eigenvalue weighted by Crippen LogP contribution is -2.03. The summed E-state index contributed by atoms with van der Waals surface area (Å²) in [5.74, 6) is 1.17. The normalized spacial score (nSPS) is 10.4. The highest BCUT2D eigenvalue weighted by atomic mass is 16.5. The lowest BCUT2D eigenvalue weighted by Gasteiger charge is -2.07. The second-order valence-electron chi connectivity index (χ2n) is 4.34. The number of para-hydroxylation sites is 1. The number of nitrogens with zero attached hydrogens (tertiary/aromatic N) is 3. The number of rotatable bonds is 4. The molecule has 2 aromatic heterocycles. The van der Waals surface area contributed by atoms with Crippen LogP contribution >= 0.6 is 0 Å². The fourth-order valence-corrected chi connectivity index (χ4v) is 1.94. The fraction of sp³-hybridized carbons (Fsp3) is 0.133. The molecule has 3 aromatic rings. The molecule has 0 amide bonds. The van der Waals surface area contributed by atoms with Crippen molar-refractivity contribution in [3.8, 4) is 5.88 Å². The van der Waals surface area contributed by atoms with Crippen molar-refractivity contribution < 1.29 is 4.74 Å². The minimum atomic E-state index is 0.492. The number of hydrogen-bond donors (Lipinski definition) is 1. The molecule has 0 aliphatic rings. The van der Waals surface area contributed by atoms with Gasteiger partial charge in [-0.15, -0.1) is 0 Å². The van der Waals surface area contributed by atoms with E-state index in [-0.39, 0.29) is 0 Å². The minimum Gasteiger partial charge on any atom is -0.480 e. The number of fused-ring (bicyclic) bond motifs is 1. The van der Waals surface area contributed by atoms with Gasteiger partial charge in [0, 0.05) is 18.1 Å². The first kappa shape index (κ1) is 12.3. The summed E-state index contributed by atoms with van der Waals surface area (Å²) in [5, 5.41) is 4.34. The van der Waals surface area contributed by atoms with E-state index in [9.17, 15) is 0 Å². The lowest BCUT2D eigenvalue weighted by atomic mass is 10.1. The average Bonchev–Trinajstić information content (AvgIpc) is 2.53. The lowest BCUT2D eigenvalue weighted by molar-refractivity contribution is 0.396. The van der Waals surface area contributed by atoms with Crippen LogP contribution in [-0.4, -0.2) is 22.1 Å². The monoisotopic (exact) mass is 266 g/mol. The molecule has 100 valence electrons. The summed E-state index contributed by atoms with van der Waals surface area (Å²) in [6.45, 7) is 0.639. The Bertz CT molecular complexity index is 730. The Balaban J connectivity index is 1.76. The highest BCUT2D eigenvalue weighted by Crippen LogP contribution is 2.14. The standard InChI is InChI=1S/C15H14N4O/c1-20-15-10-16-9-14(19-15)18-8-11-6-12-4-2-3-5-13(12)17-7-11/h2-7,9-10H,8H2,1H3,(H,18,19). The number of hydrogen-bond acceptors (Lipinski definition) is 5. The predicted molar refractivity (Wildman–Crippen MR) is 77.7 cm³/mol. The number of anilines is 1. The van der Waals surface area contributed by atoms with Crippen molar-refractivity contribution in [2.75, 3.05) is 12.4 Å². The van der Waals surface area contributed by atoms with E-state index in [1.807, 2.05) is 24.4 Å². The summed E-state index contributed by atoms with van der Waals surface area (Å²) in [6, 6.07) is 10.2. The molecule has 0 unspecified atom stereocenters. The van der Waals surface area contributed by atoms with Crippen molar-refractivity contribution in [1.82, 2.24) is 15.0 Å². The van der Waals surface area contributed by atoms with Gasteiger partial charge in [-0.25, -0.2) is 0 Å². The number of methoxy groups -OCH3 is 1. The van der Waals surface area contributed by atoms with Gasteiger partial charge in [-0.3, -0.25) is 9.97 Å². The minimum absolute atomic E-state index is 0.492. The second kappa shape index (κ2) is 5.52. The molecule has 0 fully saturated rings. The molecule has 0 aliphatic carbocycles. The van der Waals surface area contributed by atoms with E-state index in [0.29, 0.717) is 18.2 Å². The Morgan fingerprint density at radius 1 is 1.15 bits per heavy atom. The largest absolute Gasteiger partial charge is 0.480 e. The van der Waals surface area contributed by atoms with Crippen LogP contribution in [0.5, 0.6) is 5.88 Å². The molecular weight excluding hydrogens is 252 g/mol. The van der Waals surface area contributed by atoms with Crippen molar-refractivity contribution >= 4 is 16.7 Å². The number of benzene rings is 1. The molecule has 20 heavy (non-hydrogen) atoms. The van der Waals surface area contributed by atoms with E-state index in [4.69, 9.17) is 4.74 Å². The maximum absolute atomic E-state index is 5.04. The quantitative estimate of drug-likeness (QED) is 0.786. The third-order valence-corrected chi connectivity index (χ3v) is 2.94. The van der Waals surface area contributed by atoms with Crippen LogP contribution in [0.3, 0.4) is 0 Å². The molecule has 3 rings (SSSR count). The Hall–Kier alpha value is -2.69. The van der Waals surface area contributed by atoms with Gasteiger partial charge < -0.3 is 10.1 Å². The van der Waals surface area contributed by atoms with Gasteiger partial charge in [-0.1, -0.05) is 18.2 Å². The summed E-state index contributed by atoms with van der Waals surface area (Å²) in [4.78, 5) is 12.7. The van der Waals surface area contributed by atoms with Crippen LogP contribution in [-0.2, 0) is 6.54 Å². The molecule has 0 atom stereocenters. The van der Waals surface area contributed by atoms with E-state index in [1.165, 1.54) is 0 Å². The zero-order valence-electron chi connectivity index (χ0n) is 11.1. The van der Waals surface area contributed by atoms with E-state index in [0.717, 1.165) is 16.5 Å². The zero-order valence-corrected chi connectivity index (χ0v) is 11.1. The first-order valence-corrected chi connectivity index (χ1v) is 6.29. The molecule has 5 heteroatoms. The Morgan fingerprint density at radius 3 is 2.95 bits per heavy atom. The molecule has 0 radical (unpaired) electrons. The van der Waals surface area contributed by atoms with Crippen LogP contribution in [0.15, 0.2) is 48.9 Å². The summed E-state index contributed by atoms with van der Waals surface area (Å²) in [5.41, 5.74) is 2.09. The summed E-state index contributed by atoms with van der Waals surface area (Å²) in [7, 11) is 1.57. The second-order valence-corrected chi connectivity index (χ2v) is 4.34. The number of aromatic nitrogens is 3. The zero-order chi connectivity index (χ0) is 13.8. The smallest absolute Gasteiger partial charge is 0.233 e. The SMILES string of the molecule is COc1cncc(NCc2cnc3ccccc3c2)n1. The molecular formula is C15H14N4O. The third kappa shape index (κ3) is 2.66. The van der Waals surface area contributed by atoms with Gasteiger partial charge in [0.05, 0.1) is 25.0 Å². The van der Waals surface area contributed by atoms with Crippen molar-refractivity contribution in [2.24, 2.45) is 0 Å². The summed E-state index contributed by atoms with van der Waals surface area (Å²) >= 11 is 0. The summed E-state index contributed by atoms with van der Waals surface area (Å²) in [6.07, 6.45) is 5.10. The highest BCUT2D eigenvalue weighted by molar-refractivity contribution is 5.78. The van der Waals surface area contributed by atoms with Gasteiger partial charge >= 0.3 is 0 Å².